The molecule has 2 aromatic carbocycles. The molecule has 3 nitrogen and oxygen atoms in total. The first-order chi connectivity index (χ1) is 9.11. The second-order valence-corrected chi connectivity index (χ2v) is 4.48. The average Bonchev–Trinajstić information content (AvgIpc) is 2.38. The van der Waals surface area contributed by atoms with E-state index in [0.29, 0.717) is 18.0 Å². The number of anilines is 3. The van der Waals surface area contributed by atoms with E-state index in [-0.39, 0.29) is 5.02 Å². The van der Waals surface area contributed by atoms with Gasteiger partial charge >= 0.3 is 0 Å². The van der Waals surface area contributed by atoms with Gasteiger partial charge in [-0.1, -0.05) is 29.8 Å². The van der Waals surface area contributed by atoms with Crippen LogP contribution in [0.3, 0.4) is 0 Å². The van der Waals surface area contributed by atoms with Crippen molar-refractivity contribution in [3.63, 3.8) is 0 Å². The Hall–Kier alpha value is -1.78. The Morgan fingerprint density at radius 3 is 2.74 bits per heavy atom. The van der Waals surface area contributed by atoms with Crippen molar-refractivity contribution in [3.8, 4) is 0 Å². The van der Waals surface area contributed by atoms with E-state index in [1.165, 1.54) is 12.1 Å². The topological polar surface area (TPSA) is 47.3 Å². The van der Waals surface area contributed by atoms with E-state index in [2.05, 4.69) is 5.32 Å². The lowest BCUT2D eigenvalue weighted by molar-refractivity contribution is 0.185. The summed E-state index contributed by atoms with van der Waals surface area (Å²) in [7, 11) is 1.62. The second kappa shape index (κ2) is 5.91. The number of nitrogen functional groups attached to an aromatic ring is 1. The molecule has 100 valence electrons. The number of ether oxygens (including phenoxy) is 1. The van der Waals surface area contributed by atoms with Crippen LogP contribution in [0.2, 0.25) is 5.02 Å². The predicted molar refractivity (Wildman–Crippen MR) is 76.3 cm³/mol. The second-order valence-electron chi connectivity index (χ2n) is 4.07. The van der Waals surface area contributed by atoms with E-state index in [1.807, 2.05) is 24.3 Å². The summed E-state index contributed by atoms with van der Waals surface area (Å²) in [5, 5.41) is 3.17. The highest BCUT2D eigenvalue weighted by molar-refractivity contribution is 6.31. The fourth-order valence-electron chi connectivity index (χ4n) is 1.74. The molecule has 0 bridgehead atoms. The Kier molecular flexibility index (Phi) is 4.24. The van der Waals surface area contributed by atoms with Crippen molar-refractivity contribution in [2.24, 2.45) is 0 Å². The van der Waals surface area contributed by atoms with Crippen LogP contribution in [0.15, 0.2) is 36.4 Å². The lowest BCUT2D eigenvalue weighted by Crippen LogP contribution is -2.01. The largest absolute Gasteiger partial charge is 0.397 e. The third-order valence-electron chi connectivity index (χ3n) is 2.68. The number of nitrogens with two attached hydrogens (primary N) is 1. The highest BCUT2D eigenvalue weighted by Crippen LogP contribution is 2.30. The minimum atomic E-state index is -0.533. The zero-order chi connectivity index (χ0) is 13.8. The van der Waals surface area contributed by atoms with Crippen molar-refractivity contribution >= 4 is 28.7 Å². The van der Waals surface area contributed by atoms with Crippen molar-refractivity contribution in [1.29, 1.82) is 0 Å². The maximum absolute atomic E-state index is 13.2. The molecular formula is C14H14ClFN2O. The average molecular weight is 281 g/mol. The van der Waals surface area contributed by atoms with Crippen LogP contribution in [0.4, 0.5) is 21.5 Å². The van der Waals surface area contributed by atoms with Gasteiger partial charge < -0.3 is 15.8 Å². The molecule has 3 N–H and O–H groups in total. The molecule has 0 aromatic heterocycles. The minimum Gasteiger partial charge on any atom is -0.397 e. The van der Waals surface area contributed by atoms with Crippen LogP contribution >= 0.6 is 11.6 Å². The lowest BCUT2D eigenvalue weighted by Gasteiger charge is -2.13. The zero-order valence-electron chi connectivity index (χ0n) is 10.4. The van der Waals surface area contributed by atoms with E-state index in [9.17, 15) is 4.39 Å². The molecule has 0 atom stereocenters. The third-order valence-corrected chi connectivity index (χ3v) is 2.97. The van der Waals surface area contributed by atoms with Gasteiger partial charge in [-0.3, -0.25) is 0 Å². The molecule has 5 heteroatoms. The van der Waals surface area contributed by atoms with Crippen LogP contribution in [0.25, 0.3) is 0 Å². The number of hydrogen-bond acceptors (Lipinski definition) is 3. The molecule has 0 aliphatic rings. The van der Waals surface area contributed by atoms with Crippen molar-refractivity contribution in [2.75, 3.05) is 18.2 Å². The summed E-state index contributed by atoms with van der Waals surface area (Å²) in [6.07, 6.45) is 0. The molecule has 0 radical (unpaired) electrons. The number of methoxy groups -OCH3 is 1. The number of benzene rings is 2. The van der Waals surface area contributed by atoms with Gasteiger partial charge in [-0.25, -0.2) is 4.39 Å². The quantitative estimate of drug-likeness (QED) is 0.834. The molecule has 0 saturated heterocycles. The van der Waals surface area contributed by atoms with Gasteiger partial charge in [-0.15, -0.1) is 0 Å². The van der Waals surface area contributed by atoms with Crippen molar-refractivity contribution < 1.29 is 9.13 Å². The molecule has 2 rings (SSSR count). The fraction of sp³-hybridized carbons (Fsp3) is 0.143. The van der Waals surface area contributed by atoms with Crippen molar-refractivity contribution in [3.05, 3.63) is 52.8 Å². The maximum Gasteiger partial charge on any atom is 0.143 e. The Bertz CT molecular complexity index is 590. The molecule has 0 aliphatic carbocycles. The highest BCUT2D eigenvalue weighted by atomic mass is 35.5. The Labute approximate surface area is 116 Å². The smallest absolute Gasteiger partial charge is 0.143 e. The standard InChI is InChI=1S/C14H14ClFN2O/c1-19-8-9-4-2-3-5-13(9)18-14-6-10(15)11(16)7-12(14)17/h2-7,18H,8,17H2,1H3. The Morgan fingerprint density at radius 1 is 1.26 bits per heavy atom. The first-order valence-corrected chi connectivity index (χ1v) is 6.08. The summed E-state index contributed by atoms with van der Waals surface area (Å²) in [5.41, 5.74) is 8.46. The van der Waals surface area contributed by atoms with Crippen LogP contribution < -0.4 is 11.1 Å². The van der Waals surface area contributed by atoms with Gasteiger partial charge in [-0.05, 0) is 12.1 Å². The minimum absolute atomic E-state index is 0.0286. The van der Waals surface area contributed by atoms with Gasteiger partial charge in [0.1, 0.15) is 5.82 Å². The number of nitrogens with one attached hydrogen (secondary N) is 1. The summed E-state index contributed by atoms with van der Waals surface area (Å²) in [6, 6.07) is 10.3. The summed E-state index contributed by atoms with van der Waals surface area (Å²) >= 11 is 5.76. The molecule has 0 amide bonds. The van der Waals surface area contributed by atoms with Gasteiger partial charge in [0.25, 0.3) is 0 Å². The summed E-state index contributed by atoms with van der Waals surface area (Å²) in [4.78, 5) is 0. The van der Waals surface area contributed by atoms with Crippen LogP contribution in [0.1, 0.15) is 5.56 Å². The molecule has 0 spiro atoms. The van der Waals surface area contributed by atoms with Gasteiger partial charge in [0, 0.05) is 24.4 Å². The molecule has 0 aliphatic heterocycles. The first kappa shape index (κ1) is 13.6. The molecule has 0 fully saturated rings. The van der Waals surface area contributed by atoms with Gasteiger partial charge in [0.15, 0.2) is 0 Å². The fourth-order valence-corrected chi connectivity index (χ4v) is 1.90. The SMILES string of the molecule is COCc1ccccc1Nc1cc(Cl)c(F)cc1N. The van der Waals surface area contributed by atoms with Gasteiger partial charge in [0.05, 0.1) is 23.0 Å². The predicted octanol–water partition coefficient (Wildman–Crippen LogP) is 3.95. The number of hydrogen-bond donors (Lipinski definition) is 2. The van der Waals surface area contributed by atoms with E-state index < -0.39 is 5.82 Å². The third kappa shape index (κ3) is 3.16. The van der Waals surface area contributed by atoms with E-state index >= 15 is 0 Å². The monoisotopic (exact) mass is 280 g/mol. The Balaban J connectivity index is 2.33. The van der Waals surface area contributed by atoms with Crippen LogP contribution in [0, 0.1) is 5.82 Å². The maximum atomic E-state index is 13.2. The van der Waals surface area contributed by atoms with Crippen molar-refractivity contribution in [2.45, 2.75) is 6.61 Å². The van der Waals surface area contributed by atoms with Crippen LogP contribution in [-0.4, -0.2) is 7.11 Å². The normalized spacial score (nSPS) is 10.5. The summed E-state index contributed by atoms with van der Waals surface area (Å²) < 4.78 is 18.4. The molecule has 0 saturated carbocycles. The first-order valence-electron chi connectivity index (χ1n) is 5.70. The molecule has 2 aromatic rings. The summed E-state index contributed by atoms with van der Waals surface area (Å²) in [6.45, 7) is 0.470. The van der Waals surface area contributed by atoms with Crippen LogP contribution in [-0.2, 0) is 11.3 Å². The molecule has 0 heterocycles. The Morgan fingerprint density at radius 2 is 2.00 bits per heavy atom. The number of para-hydroxylation sites is 1. The van der Waals surface area contributed by atoms with Crippen molar-refractivity contribution in [1.82, 2.24) is 0 Å². The van der Waals surface area contributed by atoms with E-state index in [1.54, 1.807) is 7.11 Å². The number of halogens is 2. The van der Waals surface area contributed by atoms with E-state index in [0.717, 1.165) is 11.3 Å². The molecule has 19 heavy (non-hydrogen) atoms. The van der Waals surface area contributed by atoms with Gasteiger partial charge in [-0.2, -0.15) is 0 Å². The van der Waals surface area contributed by atoms with E-state index in [4.69, 9.17) is 22.1 Å². The number of rotatable bonds is 4. The molecule has 0 unspecified atom stereocenters. The summed E-state index contributed by atoms with van der Waals surface area (Å²) in [5.74, 6) is -0.533. The zero-order valence-corrected chi connectivity index (χ0v) is 11.2. The highest BCUT2D eigenvalue weighted by Gasteiger charge is 2.08. The van der Waals surface area contributed by atoms with Crippen LogP contribution in [0.5, 0.6) is 0 Å². The molecular weight excluding hydrogens is 267 g/mol. The van der Waals surface area contributed by atoms with Gasteiger partial charge in [0.2, 0.25) is 0 Å². The lowest BCUT2D eigenvalue weighted by atomic mass is 10.1.